The molecule has 0 aliphatic carbocycles. The summed E-state index contributed by atoms with van der Waals surface area (Å²) in [6, 6.07) is 9.15. The molecule has 0 radical (unpaired) electrons. The second-order valence-electron chi connectivity index (χ2n) is 6.71. The number of rotatable bonds is 4. The Morgan fingerprint density at radius 3 is 2.74 bits per heavy atom. The predicted octanol–water partition coefficient (Wildman–Crippen LogP) is 1.66. The van der Waals surface area contributed by atoms with E-state index in [1.807, 2.05) is 36.2 Å². The van der Waals surface area contributed by atoms with Crippen LogP contribution in [0.15, 0.2) is 47.1 Å². The van der Waals surface area contributed by atoms with Gasteiger partial charge < -0.3 is 19.5 Å². The van der Waals surface area contributed by atoms with Crippen LogP contribution in [-0.2, 0) is 11.3 Å². The summed E-state index contributed by atoms with van der Waals surface area (Å²) in [6.07, 6.45) is 3.17. The Morgan fingerprint density at radius 2 is 1.96 bits per heavy atom. The van der Waals surface area contributed by atoms with Gasteiger partial charge in [-0.2, -0.15) is 5.10 Å². The Hall–Kier alpha value is -3.13. The highest BCUT2D eigenvalue weighted by Gasteiger charge is 2.20. The zero-order valence-electron chi connectivity index (χ0n) is 15.1. The van der Waals surface area contributed by atoms with Gasteiger partial charge in [0.15, 0.2) is 5.76 Å². The number of fused-ring (bicyclic) bond motifs is 1. The summed E-state index contributed by atoms with van der Waals surface area (Å²) in [6.45, 7) is 3.37. The van der Waals surface area contributed by atoms with Crippen molar-refractivity contribution in [2.45, 2.75) is 6.54 Å². The summed E-state index contributed by atoms with van der Waals surface area (Å²) < 4.78 is 7.09. The number of aromatic nitrogens is 2. The van der Waals surface area contributed by atoms with Crippen LogP contribution in [0.3, 0.4) is 0 Å². The van der Waals surface area contributed by atoms with Crippen LogP contribution in [0.5, 0.6) is 0 Å². The van der Waals surface area contributed by atoms with Crippen molar-refractivity contribution in [1.82, 2.24) is 19.6 Å². The zero-order chi connectivity index (χ0) is 18.8. The fraction of sp³-hybridized carbons (Fsp3) is 0.316. The van der Waals surface area contributed by atoms with E-state index in [0.717, 1.165) is 31.6 Å². The predicted molar refractivity (Wildman–Crippen MR) is 100 cm³/mol. The molecule has 1 N–H and O–H groups in total. The van der Waals surface area contributed by atoms with Crippen molar-refractivity contribution in [3.05, 3.63) is 48.5 Å². The fourth-order valence-electron chi connectivity index (χ4n) is 3.10. The molecule has 1 aromatic carbocycles. The minimum Gasteiger partial charge on any atom is -0.451 e. The monoisotopic (exact) mass is 367 g/mol. The van der Waals surface area contributed by atoms with Crippen molar-refractivity contribution in [2.24, 2.45) is 0 Å². The van der Waals surface area contributed by atoms with E-state index in [1.165, 1.54) is 10.9 Å². The standard InChI is InChI=1S/C19H21N5O3/c1-22-6-8-23(9-7-22)18(25)13-24-12-15(11-20-24)21-19(26)17-10-14-4-2-3-5-16(14)27-17/h2-5,10-12H,6-9,13H2,1H3,(H,21,26). The van der Waals surface area contributed by atoms with Gasteiger partial charge >= 0.3 is 0 Å². The third kappa shape index (κ3) is 3.85. The normalized spacial score (nSPS) is 15.2. The molecule has 27 heavy (non-hydrogen) atoms. The van der Waals surface area contributed by atoms with Gasteiger partial charge in [-0.1, -0.05) is 18.2 Å². The van der Waals surface area contributed by atoms with Crippen molar-refractivity contribution in [3.63, 3.8) is 0 Å². The average molecular weight is 367 g/mol. The topological polar surface area (TPSA) is 83.6 Å². The third-order valence-corrected chi connectivity index (χ3v) is 4.69. The molecule has 0 bridgehead atoms. The number of likely N-dealkylation sites (N-methyl/N-ethyl adjacent to an activating group) is 1. The smallest absolute Gasteiger partial charge is 0.291 e. The van der Waals surface area contributed by atoms with Gasteiger partial charge in [0.1, 0.15) is 12.1 Å². The highest BCUT2D eigenvalue weighted by Crippen LogP contribution is 2.19. The Bertz CT molecular complexity index is 936. The molecule has 0 saturated carbocycles. The van der Waals surface area contributed by atoms with E-state index >= 15 is 0 Å². The molecular formula is C19H21N5O3. The molecule has 1 aliphatic rings. The SMILES string of the molecule is CN1CCN(C(=O)Cn2cc(NC(=O)c3cc4ccccc4o3)cn2)CC1. The largest absolute Gasteiger partial charge is 0.451 e. The summed E-state index contributed by atoms with van der Waals surface area (Å²) in [5.74, 6) is -0.0880. The summed E-state index contributed by atoms with van der Waals surface area (Å²) in [7, 11) is 2.05. The highest BCUT2D eigenvalue weighted by atomic mass is 16.3. The maximum absolute atomic E-state index is 12.4. The summed E-state index contributed by atoms with van der Waals surface area (Å²) in [5.41, 5.74) is 1.18. The summed E-state index contributed by atoms with van der Waals surface area (Å²) >= 11 is 0. The Labute approximate surface area is 156 Å². The number of nitrogens with one attached hydrogen (secondary N) is 1. The van der Waals surface area contributed by atoms with Gasteiger partial charge in [0.25, 0.3) is 5.91 Å². The van der Waals surface area contributed by atoms with E-state index in [-0.39, 0.29) is 24.1 Å². The lowest BCUT2D eigenvalue weighted by Gasteiger charge is -2.32. The molecule has 8 nitrogen and oxygen atoms in total. The Balaban J connectivity index is 1.37. The van der Waals surface area contributed by atoms with Crippen molar-refractivity contribution in [1.29, 1.82) is 0 Å². The van der Waals surface area contributed by atoms with Crippen LogP contribution in [0, 0.1) is 0 Å². The first kappa shape index (κ1) is 17.3. The number of para-hydroxylation sites is 1. The van der Waals surface area contributed by atoms with E-state index in [2.05, 4.69) is 15.3 Å². The number of furan rings is 1. The minimum atomic E-state index is -0.351. The molecule has 1 fully saturated rings. The maximum atomic E-state index is 12.4. The number of piperazine rings is 1. The van der Waals surface area contributed by atoms with Crippen LogP contribution < -0.4 is 5.32 Å². The summed E-state index contributed by atoms with van der Waals surface area (Å²) in [5, 5.41) is 7.79. The number of benzene rings is 1. The second kappa shape index (κ2) is 7.24. The van der Waals surface area contributed by atoms with Crippen LogP contribution in [0.2, 0.25) is 0 Å². The minimum absolute atomic E-state index is 0.0290. The number of amides is 2. The van der Waals surface area contributed by atoms with Crippen molar-refractivity contribution >= 4 is 28.5 Å². The number of carbonyl (C=O) groups is 2. The molecule has 1 aliphatic heterocycles. The molecule has 2 aromatic heterocycles. The lowest BCUT2D eigenvalue weighted by molar-refractivity contribution is -0.133. The van der Waals surface area contributed by atoms with Crippen molar-refractivity contribution < 1.29 is 14.0 Å². The second-order valence-corrected chi connectivity index (χ2v) is 6.71. The number of carbonyl (C=O) groups excluding carboxylic acids is 2. The lowest BCUT2D eigenvalue weighted by Crippen LogP contribution is -2.48. The Morgan fingerprint density at radius 1 is 1.19 bits per heavy atom. The van der Waals surface area contributed by atoms with Crippen LogP contribution in [-0.4, -0.2) is 64.6 Å². The molecule has 4 rings (SSSR count). The van der Waals surface area contributed by atoms with E-state index in [4.69, 9.17) is 4.42 Å². The number of hydrogen-bond donors (Lipinski definition) is 1. The summed E-state index contributed by atoms with van der Waals surface area (Å²) in [4.78, 5) is 28.8. The molecule has 8 heteroatoms. The number of hydrogen-bond acceptors (Lipinski definition) is 5. The quantitative estimate of drug-likeness (QED) is 0.758. The molecule has 0 spiro atoms. The third-order valence-electron chi connectivity index (χ3n) is 4.69. The molecular weight excluding hydrogens is 346 g/mol. The first-order chi connectivity index (χ1) is 13.1. The molecule has 0 atom stereocenters. The van der Waals surface area contributed by atoms with E-state index in [9.17, 15) is 9.59 Å². The number of anilines is 1. The molecule has 0 unspecified atom stereocenters. The van der Waals surface area contributed by atoms with Gasteiger partial charge in [0.2, 0.25) is 5.91 Å². The molecule has 2 amide bonds. The van der Waals surface area contributed by atoms with Gasteiger partial charge in [-0.15, -0.1) is 0 Å². The van der Waals surface area contributed by atoms with Crippen LogP contribution in [0.25, 0.3) is 11.0 Å². The maximum Gasteiger partial charge on any atom is 0.291 e. The average Bonchev–Trinajstić information content (AvgIpc) is 3.29. The first-order valence-corrected chi connectivity index (χ1v) is 8.87. The fourth-order valence-corrected chi connectivity index (χ4v) is 3.10. The first-order valence-electron chi connectivity index (χ1n) is 8.87. The molecule has 3 heterocycles. The van der Waals surface area contributed by atoms with Crippen LogP contribution in [0.4, 0.5) is 5.69 Å². The van der Waals surface area contributed by atoms with Crippen molar-refractivity contribution in [2.75, 3.05) is 38.5 Å². The van der Waals surface area contributed by atoms with E-state index in [1.54, 1.807) is 12.3 Å². The van der Waals surface area contributed by atoms with Gasteiger partial charge in [0.05, 0.1) is 11.9 Å². The van der Waals surface area contributed by atoms with Crippen molar-refractivity contribution in [3.8, 4) is 0 Å². The van der Waals surface area contributed by atoms with E-state index in [0.29, 0.717) is 11.3 Å². The molecule has 140 valence electrons. The molecule has 3 aromatic rings. The van der Waals surface area contributed by atoms with Gasteiger partial charge in [0, 0.05) is 37.8 Å². The lowest BCUT2D eigenvalue weighted by atomic mass is 10.2. The highest BCUT2D eigenvalue weighted by molar-refractivity contribution is 6.04. The van der Waals surface area contributed by atoms with Gasteiger partial charge in [-0.05, 0) is 19.2 Å². The van der Waals surface area contributed by atoms with E-state index < -0.39 is 0 Å². The Kier molecular flexibility index (Phi) is 4.64. The zero-order valence-corrected chi connectivity index (χ0v) is 15.1. The number of nitrogens with zero attached hydrogens (tertiary/aromatic N) is 4. The van der Waals surface area contributed by atoms with Crippen LogP contribution >= 0.6 is 0 Å². The van der Waals surface area contributed by atoms with Crippen LogP contribution in [0.1, 0.15) is 10.6 Å². The van der Waals surface area contributed by atoms with Gasteiger partial charge in [-0.25, -0.2) is 0 Å². The van der Waals surface area contributed by atoms with Gasteiger partial charge in [-0.3, -0.25) is 14.3 Å². The molecule has 1 saturated heterocycles.